The summed E-state index contributed by atoms with van der Waals surface area (Å²) in [6.07, 6.45) is 1.05. The molecule has 4 nitrogen and oxygen atoms in total. The molecule has 0 radical (unpaired) electrons. The molecule has 2 aromatic carbocycles. The van der Waals surface area contributed by atoms with Crippen LogP contribution in [0.15, 0.2) is 36.4 Å². The summed E-state index contributed by atoms with van der Waals surface area (Å²) in [6.45, 7) is 15.2. The lowest BCUT2D eigenvalue weighted by atomic mass is 9.87. The Hall–Kier alpha value is -2.24. The molecule has 30 heavy (non-hydrogen) atoms. The number of benzene rings is 2. The topological polar surface area (TPSA) is 38.2 Å². The Kier molecular flexibility index (Phi) is 6.94. The largest absolute Gasteiger partial charge is 0.430 e. The highest BCUT2D eigenvalue weighted by atomic mass is 32.1. The number of likely N-dealkylation sites (N-methyl/N-ethyl adjacent to an activating group) is 1. The smallest absolute Gasteiger partial charge is 0.299 e. The molecule has 0 aliphatic carbocycles. The maximum absolute atomic E-state index is 6.11. The minimum absolute atomic E-state index is 0.135. The van der Waals surface area contributed by atoms with Crippen molar-refractivity contribution in [1.82, 2.24) is 14.3 Å². The van der Waals surface area contributed by atoms with Gasteiger partial charge in [-0.1, -0.05) is 58.0 Å². The van der Waals surface area contributed by atoms with E-state index in [4.69, 9.17) is 4.74 Å². The average Bonchev–Trinajstić information content (AvgIpc) is 3.17. The first-order valence-corrected chi connectivity index (χ1v) is 11.4. The van der Waals surface area contributed by atoms with Crippen LogP contribution in [0.4, 0.5) is 0 Å². The van der Waals surface area contributed by atoms with Gasteiger partial charge in [0.15, 0.2) is 5.82 Å². The molecular formula is C25H33N3OS. The molecule has 0 saturated heterocycles. The Labute approximate surface area is 185 Å². The number of rotatable bonds is 7. The Balaban J connectivity index is 1.73. The first kappa shape index (κ1) is 22.4. The van der Waals surface area contributed by atoms with Crippen molar-refractivity contribution in [2.45, 2.75) is 53.4 Å². The standard InChI is InChI=1S/C25H33N3OS/c1-8-28(7)14-13-20-15-18(3)22(16-17(20)2)29-24-26-23(27-30-24)19-9-11-21(12-10-19)25(4,5)6/h9-12,15-16H,8,13-14H2,1-7H3. The SMILES string of the molecule is CCN(C)CCc1cc(C)c(Oc2nc(-c3ccc(C(C)(C)C)cc3)ns2)cc1C. The quantitative estimate of drug-likeness (QED) is 0.440. The first-order chi connectivity index (χ1) is 14.2. The van der Waals surface area contributed by atoms with Crippen LogP contribution in [0.25, 0.3) is 11.4 Å². The van der Waals surface area contributed by atoms with Gasteiger partial charge in [-0.25, -0.2) is 0 Å². The van der Waals surface area contributed by atoms with Crippen LogP contribution < -0.4 is 4.74 Å². The monoisotopic (exact) mass is 423 g/mol. The third-order valence-electron chi connectivity index (χ3n) is 5.55. The van der Waals surface area contributed by atoms with E-state index in [2.05, 4.69) is 99.2 Å². The van der Waals surface area contributed by atoms with E-state index in [1.54, 1.807) is 0 Å². The predicted molar refractivity (Wildman–Crippen MR) is 127 cm³/mol. The summed E-state index contributed by atoms with van der Waals surface area (Å²) in [6, 6.07) is 12.8. The van der Waals surface area contributed by atoms with Crippen molar-refractivity contribution >= 4 is 11.5 Å². The number of hydrogen-bond donors (Lipinski definition) is 0. The fourth-order valence-corrected chi connectivity index (χ4v) is 3.84. The lowest BCUT2D eigenvalue weighted by Gasteiger charge is -2.18. The molecule has 160 valence electrons. The van der Waals surface area contributed by atoms with Gasteiger partial charge in [0.1, 0.15) is 5.75 Å². The van der Waals surface area contributed by atoms with E-state index < -0.39 is 0 Å². The summed E-state index contributed by atoms with van der Waals surface area (Å²) in [5, 5.41) is 0.575. The van der Waals surface area contributed by atoms with Gasteiger partial charge in [0.05, 0.1) is 0 Å². The van der Waals surface area contributed by atoms with Crippen LogP contribution in [0.1, 0.15) is 49.9 Å². The molecule has 0 spiro atoms. The van der Waals surface area contributed by atoms with Crippen molar-refractivity contribution in [3.05, 3.63) is 58.7 Å². The highest BCUT2D eigenvalue weighted by molar-refractivity contribution is 7.07. The Bertz CT molecular complexity index is 987. The lowest BCUT2D eigenvalue weighted by Crippen LogP contribution is -2.20. The van der Waals surface area contributed by atoms with Crippen LogP contribution in [0.3, 0.4) is 0 Å². The second kappa shape index (κ2) is 9.27. The van der Waals surface area contributed by atoms with Gasteiger partial charge in [-0.2, -0.15) is 9.36 Å². The van der Waals surface area contributed by atoms with E-state index in [-0.39, 0.29) is 5.41 Å². The zero-order valence-electron chi connectivity index (χ0n) is 19.2. The van der Waals surface area contributed by atoms with Crippen molar-refractivity contribution in [3.63, 3.8) is 0 Å². The molecular weight excluding hydrogens is 390 g/mol. The van der Waals surface area contributed by atoms with Crippen LogP contribution >= 0.6 is 11.5 Å². The zero-order valence-corrected chi connectivity index (χ0v) is 20.1. The maximum atomic E-state index is 6.11. The Morgan fingerprint density at radius 3 is 2.37 bits per heavy atom. The summed E-state index contributed by atoms with van der Waals surface area (Å²) in [5.74, 6) is 1.56. The second-order valence-electron chi connectivity index (χ2n) is 9.00. The zero-order chi connectivity index (χ0) is 21.9. The Morgan fingerprint density at radius 2 is 1.73 bits per heavy atom. The fourth-order valence-electron chi connectivity index (χ4n) is 3.28. The molecule has 5 heteroatoms. The Morgan fingerprint density at radius 1 is 1.03 bits per heavy atom. The number of hydrogen-bond acceptors (Lipinski definition) is 5. The number of aromatic nitrogens is 2. The van der Waals surface area contributed by atoms with E-state index in [0.717, 1.165) is 36.4 Å². The number of nitrogens with zero attached hydrogens (tertiary/aromatic N) is 3. The highest BCUT2D eigenvalue weighted by Crippen LogP contribution is 2.32. The van der Waals surface area contributed by atoms with E-state index in [9.17, 15) is 0 Å². The fraction of sp³-hybridized carbons (Fsp3) is 0.440. The molecule has 0 amide bonds. The summed E-state index contributed by atoms with van der Waals surface area (Å²) in [7, 11) is 2.16. The van der Waals surface area contributed by atoms with Crippen molar-refractivity contribution in [1.29, 1.82) is 0 Å². The van der Waals surface area contributed by atoms with E-state index in [1.807, 2.05) is 0 Å². The molecule has 0 aliphatic heterocycles. The number of aryl methyl sites for hydroxylation is 2. The molecule has 0 bridgehead atoms. The summed E-state index contributed by atoms with van der Waals surface area (Å²) in [5.41, 5.74) is 6.20. The van der Waals surface area contributed by atoms with Crippen molar-refractivity contribution in [3.8, 4) is 22.3 Å². The maximum Gasteiger partial charge on any atom is 0.299 e. The molecule has 0 fully saturated rings. The molecule has 3 aromatic rings. The summed E-state index contributed by atoms with van der Waals surface area (Å²) < 4.78 is 10.6. The van der Waals surface area contributed by atoms with Crippen molar-refractivity contribution in [2.24, 2.45) is 0 Å². The van der Waals surface area contributed by atoms with Crippen LogP contribution in [0.5, 0.6) is 10.9 Å². The van der Waals surface area contributed by atoms with Gasteiger partial charge in [-0.05, 0) is 67.6 Å². The van der Waals surface area contributed by atoms with Gasteiger partial charge >= 0.3 is 0 Å². The third kappa shape index (κ3) is 5.46. The van der Waals surface area contributed by atoms with E-state index >= 15 is 0 Å². The van der Waals surface area contributed by atoms with Gasteiger partial charge in [0, 0.05) is 23.6 Å². The lowest BCUT2D eigenvalue weighted by molar-refractivity contribution is 0.357. The van der Waals surface area contributed by atoms with Gasteiger partial charge in [0.2, 0.25) is 0 Å². The molecule has 1 aromatic heterocycles. The van der Waals surface area contributed by atoms with Crippen LogP contribution in [0.2, 0.25) is 0 Å². The molecule has 0 saturated carbocycles. The van der Waals surface area contributed by atoms with E-state index in [1.165, 1.54) is 28.2 Å². The molecule has 0 unspecified atom stereocenters. The van der Waals surface area contributed by atoms with Crippen LogP contribution in [-0.4, -0.2) is 34.4 Å². The average molecular weight is 424 g/mol. The van der Waals surface area contributed by atoms with Crippen molar-refractivity contribution < 1.29 is 4.74 Å². The minimum Gasteiger partial charge on any atom is -0.430 e. The van der Waals surface area contributed by atoms with Gasteiger partial charge in [-0.15, -0.1) is 0 Å². The van der Waals surface area contributed by atoms with Crippen LogP contribution in [-0.2, 0) is 11.8 Å². The van der Waals surface area contributed by atoms with Gasteiger partial charge < -0.3 is 9.64 Å². The molecule has 0 aliphatic rings. The van der Waals surface area contributed by atoms with Crippen LogP contribution in [0, 0.1) is 13.8 Å². The highest BCUT2D eigenvalue weighted by Gasteiger charge is 2.15. The molecule has 0 N–H and O–H groups in total. The molecule has 3 rings (SSSR count). The summed E-state index contributed by atoms with van der Waals surface area (Å²) >= 11 is 1.29. The molecule has 0 atom stereocenters. The third-order valence-corrected chi connectivity index (χ3v) is 6.15. The van der Waals surface area contributed by atoms with E-state index in [0.29, 0.717) is 11.0 Å². The second-order valence-corrected chi connectivity index (χ2v) is 9.72. The molecule has 1 heterocycles. The van der Waals surface area contributed by atoms with Gasteiger partial charge in [-0.3, -0.25) is 0 Å². The van der Waals surface area contributed by atoms with Crippen molar-refractivity contribution in [2.75, 3.05) is 20.1 Å². The van der Waals surface area contributed by atoms with Gasteiger partial charge in [0.25, 0.3) is 5.19 Å². The summed E-state index contributed by atoms with van der Waals surface area (Å²) in [4.78, 5) is 6.94. The first-order valence-electron chi connectivity index (χ1n) is 10.6. The minimum atomic E-state index is 0.135. The number of ether oxygens (including phenoxy) is 1. The normalized spacial score (nSPS) is 11.9. The predicted octanol–water partition coefficient (Wildman–Crippen LogP) is 6.41.